The maximum atomic E-state index is 12.6. The van der Waals surface area contributed by atoms with Crippen LogP contribution in [-0.2, 0) is 9.53 Å². The SMILES string of the molecule is O=C(NC1CC2(CCCC2)Oc2ccccc21)C1COCCN1. The fourth-order valence-electron chi connectivity index (χ4n) is 4.08. The van der Waals surface area contributed by atoms with Crippen LogP contribution in [0.1, 0.15) is 43.7 Å². The van der Waals surface area contributed by atoms with Crippen molar-refractivity contribution in [2.75, 3.05) is 19.8 Å². The van der Waals surface area contributed by atoms with E-state index in [-0.39, 0.29) is 23.6 Å². The Balaban J connectivity index is 1.55. The third-order valence-electron chi connectivity index (χ3n) is 5.27. The van der Waals surface area contributed by atoms with Crippen LogP contribution in [0.25, 0.3) is 0 Å². The van der Waals surface area contributed by atoms with E-state index in [1.807, 2.05) is 18.2 Å². The van der Waals surface area contributed by atoms with Gasteiger partial charge in [-0.1, -0.05) is 18.2 Å². The van der Waals surface area contributed by atoms with E-state index >= 15 is 0 Å². The molecule has 2 N–H and O–H groups in total. The van der Waals surface area contributed by atoms with E-state index in [1.54, 1.807) is 0 Å². The molecule has 23 heavy (non-hydrogen) atoms. The molecular formula is C18H24N2O3. The molecule has 1 amide bonds. The number of carbonyl (C=O) groups excluding carboxylic acids is 1. The van der Waals surface area contributed by atoms with E-state index in [1.165, 1.54) is 12.8 Å². The molecule has 5 nitrogen and oxygen atoms in total. The molecule has 4 rings (SSSR count). The first-order valence-corrected chi connectivity index (χ1v) is 8.65. The second-order valence-corrected chi connectivity index (χ2v) is 6.88. The standard InChI is InChI=1S/C18H24N2O3/c21-17(15-12-22-10-9-19-15)20-14-11-18(7-3-4-8-18)23-16-6-2-1-5-13(14)16/h1-2,5-6,14-15,19H,3-4,7-12H2,(H,20,21). The highest BCUT2D eigenvalue weighted by molar-refractivity contribution is 5.82. The minimum atomic E-state index is -0.252. The Labute approximate surface area is 136 Å². The predicted molar refractivity (Wildman–Crippen MR) is 86.4 cm³/mol. The number of rotatable bonds is 2. The molecule has 1 aromatic rings. The summed E-state index contributed by atoms with van der Waals surface area (Å²) in [5, 5.41) is 6.46. The molecule has 2 aliphatic heterocycles. The van der Waals surface area contributed by atoms with Gasteiger partial charge in [-0.25, -0.2) is 0 Å². The summed E-state index contributed by atoms with van der Waals surface area (Å²) < 4.78 is 11.8. The first-order chi connectivity index (χ1) is 11.3. The molecule has 124 valence electrons. The van der Waals surface area contributed by atoms with Crippen LogP contribution in [0.2, 0.25) is 0 Å². The molecule has 1 spiro atoms. The first kappa shape index (κ1) is 15.0. The minimum absolute atomic E-state index is 0.0225. The van der Waals surface area contributed by atoms with Crippen molar-refractivity contribution in [2.24, 2.45) is 0 Å². The Morgan fingerprint density at radius 1 is 1.26 bits per heavy atom. The second-order valence-electron chi connectivity index (χ2n) is 6.88. The molecule has 1 aliphatic carbocycles. The number of para-hydroxylation sites is 1. The number of hydrogen-bond acceptors (Lipinski definition) is 4. The molecule has 0 bridgehead atoms. The topological polar surface area (TPSA) is 59.6 Å². The van der Waals surface area contributed by atoms with Gasteiger partial charge in [0.05, 0.1) is 19.3 Å². The summed E-state index contributed by atoms with van der Waals surface area (Å²) in [5.74, 6) is 0.957. The maximum absolute atomic E-state index is 12.6. The molecule has 2 fully saturated rings. The summed E-state index contributed by atoms with van der Waals surface area (Å²) >= 11 is 0. The molecule has 3 aliphatic rings. The van der Waals surface area contributed by atoms with Gasteiger partial charge in [-0.3, -0.25) is 4.79 Å². The Morgan fingerprint density at radius 2 is 2.09 bits per heavy atom. The Morgan fingerprint density at radius 3 is 2.87 bits per heavy atom. The van der Waals surface area contributed by atoms with Crippen molar-refractivity contribution in [1.82, 2.24) is 10.6 Å². The van der Waals surface area contributed by atoms with Gasteiger partial charge in [-0.2, -0.15) is 0 Å². The van der Waals surface area contributed by atoms with Crippen LogP contribution in [0.5, 0.6) is 5.75 Å². The highest BCUT2D eigenvalue weighted by atomic mass is 16.5. The highest BCUT2D eigenvalue weighted by Gasteiger charge is 2.43. The molecule has 2 atom stereocenters. The lowest BCUT2D eigenvalue weighted by molar-refractivity contribution is -0.127. The third-order valence-corrected chi connectivity index (χ3v) is 5.27. The maximum Gasteiger partial charge on any atom is 0.240 e. The Bertz CT molecular complexity index is 577. The Kier molecular flexibility index (Phi) is 3.99. The van der Waals surface area contributed by atoms with Gasteiger partial charge >= 0.3 is 0 Å². The number of hydrogen-bond donors (Lipinski definition) is 2. The molecule has 1 saturated heterocycles. The van der Waals surface area contributed by atoms with Crippen molar-refractivity contribution >= 4 is 5.91 Å². The predicted octanol–water partition coefficient (Wildman–Crippen LogP) is 1.93. The smallest absolute Gasteiger partial charge is 0.240 e. The number of benzene rings is 1. The van der Waals surface area contributed by atoms with Gasteiger partial charge in [0.1, 0.15) is 17.4 Å². The van der Waals surface area contributed by atoms with Gasteiger partial charge in [0, 0.05) is 18.5 Å². The molecule has 2 unspecified atom stereocenters. The van der Waals surface area contributed by atoms with Crippen molar-refractivity contribution in [3.05, 3.63) is 29.8 Å². The van der Waals surface area contributed by atoms with Crippen LogP contribution in [0.3, 0.4) is 0 Å². The van der Waals surface area contributed by atoms with Crippen molar-refractivity contribution < 1.29 is 14.3 Å². The number of morpholine rings is 1. The van der Waals surface area contributed by atoms with Crippen LogP contribution in [0.4, 0.5) is 0 Å². The molecule has 2 heterocycles. The van der Waals surface area contributed by atoms with Gasteiger partial charge in [0.15, 0.2) is 0 Å². The number of carbonyl (C=O) groups is 1. The molecule has 5 heteroatoms. The summed E-state index contributed by atoms with van der Waals surface area (Å²) in [5.41, 5.74) is 0.998. The van der Waals surface area contributed by atoms with E-state index in [4.69, 9.17) is 9.47 Å². The van der Waals surface area contributed by atoms with Crippen LogP contribution in [0, 0.1) is 0 Å². The van der Waals surface area contributed by atoms with Crippen LogP contribution >= 0.6 is 0 Å². The zero-order chi connectivity index (χ0) is 15.7. The van der Waals surface area contributed by atoms with Gasteiger partial charge in [0.25, 0.3) is 0 Å². The zero-order valence-corrected chi connectivity index (χ0v) is 13.3. The van der Waals surface area contributed by atoms with E-state index in [0.717, 1.165) is 37.1 Å². The van der Waals surface area contributed by atoms with Crippen molar-refractivity contribution in [3.63, 3.8) is 0 Å². The van der Waals surface area contributed by atoms with E-state index < -0.39 is 0 Å². The normalized spacial score (nSPS) is 28.9. The summed E-state index contributed by atoms with van der Waals surface area (Å²) in [6.45, 7) is 1.85. The largest absolute Gasteiger partial charge is 0.487 e. The molecular weight excluding hydrogens is 292 g/mol. The van der Waals surface area contributed by atoms with E-state index in [0.29, 0.717) is 13.2 Å². The fraction of sp³-hybridized carbons (Fsp3) is 0.611. The average molecular weight is 316 g/mol. The summed E-state index contributed by atoms with van der Waals surface area (Å²) in [6, 6.07) is 7.87. The van der Waals surface area contributed by atoms with Crippen LogP contribution in [0.15, 0.2) is 24.3 Å². The van der Waals surface area contributed by atoms with E-state index in [2.05, 4.69) is 16.7 Å². The van der Waals surface area contributed by atoms with Crippen molar-refractivity contribution in [1.29, 1.82) is 0 Å². The van der Waals surface area contributed by atoms with Gasteiger partial charge in [0.2, 0.25) is 5.91 Å². The molecule has 1 aromatic carbocycles. The number of nitrogens with one attached hydrogen (secondary N) is 2. The van der Waals surface area contributed by atoms with Crippen LogP contribution < -0.4 is 15.4 Å². The van der Waals surface area contributed by atoms with Gasteiger partial charge in [-0.15, -0.1) is 0 Å². The summed E-state index contributed by atoms with van der Waals surface area (Å²) in [4.78, 5) is 12.6. The lowest BCUT2D eigenvalue weighted by Gasteiger charge is -2.40. The van der Waals surface area contributed by atoms with Crippen LogP contribution in [-0.4, -0.2) is 37.3 Å². The number of ether oxygens (including phenoxy) is 2. The van der Waals surface area contributed by atoms with Gasteiger partial charge < -0.3 is 20.1 Å². The van der Waals surface area contributed by atoms with Crippen molar-refractivity contribution in [2.45, 2.75) is 49.8 Å². The molecule has 0 radical (unpaired) electrons. The lowest BCUT2D eigenvalue weighted by Crippen LogP contribution is -2.53. The Hall–Kier alpha value is -1.59. The average Bonchev–Trinajstić information content (AvgIpc) is 3.03. The lowest BCUT2D eigenvalue weighted by atomic mass is 9.86. The highest BCUT2D eigenvalue weighted by Crippen LogP contribution is 2.46. The number of amides is 1. The molecule has 1 saturated carbocycles. The van der Waals surface area contributed by atoms with E-state index in [9.17, 15) is 4.79 Å². The number of fused-ring (bicyclic) bond motifs is 1. The second kappa shape index (κ2) is 6.13. The monoisotopic (exact) mass is 316 g/mol. The summed E-state index contributed by atoms with van der Waals surface area (Å²) in [6.07, 6.45) is 5.45. The minimum Gasteiger partial charge on any atom is -0.487 e. The third kappa shape index (κ3) is 2.95. The van der Waals surface area contributed by atoms with Crippen molar-refractivity contribution in [3.8, 4) is 5.75 Å². The zero-order valence-electron chi connectivity index (χ0n) is 13.3. The molecule has 0 aromatic heterocycles. The first-order valence-electron chi connectivity index (χ1n) is 8.65. The summed E-state index contributed by atoms with van der Waals surface area (Å²) in [7, 11) is 0. The fourth-order valence-corrected chi connectivity index (χ4v) is 4.08. The van der Waals surface area contributed by atoms with Gasteiger partial charge in [-0.05, 0) is 31.7 Å². The quantitative estimate of drug-likeness (QED) is 0.875.